The number of amides is 1. The predicted octanol–water partition coefficient (Wildman–Crippen LogP) is 4.84. The minimum atomic E-state index is -3.92. The van der Waals surface area contributed by atoms with Crippen LogP contribution >= 0.6 is 11.3 Å². The van der Waals surface area contributed by atoms with Crippen molar-refractivity contribution >= 4 is 38.6 Å². The summed E-state index contributed by atoms with van der Waals surface area (Å²) in [6.45, 7) is 6.29. The molecule has 0 aliphatic heterocycles. The lowest BCUT2D eigenvalue weighted by atomic mass is 10.1. The number of benzene rings is 2. The van der Waals surface area contributed by atoms with Gasteiger partial charge in [0.15, 0.2) is 0 Å². The van der Waals surface area contributed by atoms with Crippen molar-refractivity contribution in [3.05, 3.63) is 69.9 Å². The largest absolute Gasteiger partial charge is 0.494 e. The van der Waals surface area contributed by atoms with E-state index in [2.05, 4.69) is 5.32 Å². The average molecular weight is 445 g/mol. The number of nitrogens with one attached hydrogen (secondary N) is 1. The Morgan fingerprint density at radius 1 is 1.07 bits per heavy atom. The van der Waals surface area contributed by atoms with Gasteiger partial charge in [-0.2, -0.15) is 0 Å². The Morgan fingerprint density at radius 2 is 1.70 bits per heavy atom. The molecule has 0 saturated carbocycles. The van der Waals surface area contributed by atoms with Crippen molar-refractivity contribution in [3.8, 4) is 5.75 Å². The number of carbonyl (C=O) groups is 1. The minimum absolute atomic E-state index is 0.0224. The number of sulfonamides is 1. The molecule has 2 aromatic carbocycles. The van der Waals surface area contributed by atoms with Crippen LogP contribution in [0.1, 0.15) is 27.7 Å². The Bertz CT molecular complexity index is 1130. The van der Waals surface area contributed by atoms with Crippen molar-refractivity contribution in [2.75, 3.05) is 23.3 Å². The van der Waals surface area contributed by atoms with Crippen molar-refractivity contribution in [1.29, 1.82) is 0 Å². The van der Waals surface area contributed by atoms with Crippen molar-refractivity contribution in [2.45, 2.75) is 25.7 Å². The Labute approximate surface area is 181 Å². The number of thiophene rings is 1. The van der Waals surface area contributed by atoms with Gasteiger partial charge in [-0.25, -0.2) is 8.42 Å². The summed E-state index contributed by atoms with van der Waals surface area (Å²) in [7, 11) is -2.45. The van der Waals surface area contributed by atoms with Gasteiger partial charge in [0.1, 0.15) is 15.5 Å². The number of ether oxygens (including phenoxy) is 1. The normalized spacial score (nSPS) is 11.2. The van der Waals surface area contributed by atoms with Crippen LogP contribution in [0.5, 0.6) is 5.75 Å². The van der Waals surface area contributed by atoms with E-state index in [0.717, 1.165) is 22.5 Å². The van der Waals surface area contributed by atoms with Crippen LogP contribution in [-0.4, -0.2) is 28.0 Å². The van der Waals surface area contributed by atoms with Crippen LogP contribution in [0, 0.1) is 13.8 Å². The first-order valence-electron chi connectivity index (χ1n) is 9.41. The highest BCUT2D eigenvalue weighted by Gasteiger charge is 2.28. The first-order valence-corrected chi connectivity index (χ1v) is 11.7. The third kappa shape index (κ3) is 4.66. The summed E-state index contributed by atoms with van der Waals surface area (Å²) < 4.78 is 33.0. The van der Waals surface area contributed by atoms with E-state index < -0.39 is 15.9 Å². The second-order valence-electron chi connectivity index (χ2n) is 6.84. The van der Waals surface area contributed by atoms with Gasteiger partial charge in [0.2, 0.25) is 0 Å². The Hall–Kier alpha value is -2.84. The standard InChI is InChI=1S/C22H24N2O4S2/c1-5-28-19-8-6-18(7-9-19)24(4)30(26,27)20-10-11-29-21(20)22(25)23-17-13-15(2)12-16(3)14-17/h6-14H,5H2,1-4H3,(H,23,25). The molecule has 0 fully saturated rings. The van der Waals surface area contributed by atoms with Crippen LogP contribution in [-0.2, 0) is 10.0 Å². The molecule has 1 aromatic heterocycles. The molecule has 0 unspecified atom stereocenters. The molecule has 0 spiro atoms. The number of rotatable bonds is 7. The lowest BCUT2D eigenvalue weighted by Crippen LogP contribution is -2.28. The SMILES string of the molecule is CCOc1ccc(N(C)S(=O)(=O)c2ccsc2C(=O)Nc2cc(C)cc(C)c2)cc1. The van der Waals surface area contributed by atoms with Crippen LogP contribution in [0.2, 0.25) is 0 Å². The molecule has 3 aromatic rings. The fourth-order valence-corrected chi connectivity index (χ4v) is 5.60. The zero-order chi connectivity index (χ0) is 21.9. The highest BCUT2D eigenvalue weighted by atomic mass is 32.2. The molecule has 0 saturated heterocycles. The molecule has 1 heterocycles. The molecule has 158 valence electrons. The summed E-state index contributed by atoms with van der Waals surface area (Å²) in [4.78, 5) is 13.0. The third-order valence-corrected chi connectivity index (χ3v) is 7.33. The first kappa shape index (κ1) is 21.9. The van der Waals surface area contributed by atoms with Gasteiger partial charge in [-0.3, -0.25) is 9.10 Å². The zero-order valence-electron chi connectivity index (χ0n) is 17.3. The van der Waals surface area contributed by atoms with Gasteiger partial charge in [-0.15, -0.1) is 11.3 Å². The van der Waals surface area contributed by atoms with E-state index in [1.807, 2.05) is 39.0 Å². The summed E-state index contributed by atoms with van der Waals surface area (Å²) in [6.07, 6.45) is 0. The Kier molecular flexibility index (Phi) is 6.48. The van der Waals surface area contributed by atoms with E-state index in [9.17, 15) is 13.2 Å². The molecule has 1 amide bonds. The van der Waals surface area contributed by atoms with Crippen LogP contribution < -0.4 is 14.4 Å². The topological polar surface area (TPSA) is 75.7 Å². The first-order chi connectivity index (χ1) is 14.2. The van der Waals surface area contributed by atoms with Crippen LogP contribution in [0.15, 0.2) is 58.8 Å². The molecule has 8 heteroatoms. The van der Waals surface area contributed by atoms with Crippen molar-refractivity contribution in [3.63, 3.8) is 0 Å². The van der Waals surface area contributed by atoms with Gasteiger partial charge in [0.25, 0.3) is 15.9 Å². The number of carbonyl (C=O) groups excluding carboxylic acids is 1. The second kappa shape index (κ2) is 8.89. The van der Waals surface area contributed by atoms with E-state index in [0.29, 0.717) is 23.7 Å². The highest BCUT2D eigenvalue weighted by molar-refractivity contribution is 7.93. The maximum Gasteiger partial charge on any atom is 0.267 e. The zero-order valence-corrected chi connectivity index (χ0v) is 18.9. The summed E-state index contributed by atoms with van der Waals surface area (Å²) in [5, 5.41) is 4.42. The number of nitrogens with zero attached hydrogens (tertiary/aromatic N) is 1. The van der Waals surface area contributed by atoms with Crippen LogP contribution in [0.25, 0.3) is 0 Å². The summed E-state index contributed by atoms with van der Waals surface area (Å²) >= 11 is 1.10. The molecule has 0 atom stereocenters. The van der Waals surface area contributed by atoms with Gasteiger partial charge in [-0.1, -0.05) is 6.07 Å². The fraction of sp³-hybridized carbons (Fsp3) is 0.227. The minimum Gasteiger partial charge on any atom is -0.494 e. The Morgan fingerprint density at radius 3 is 2.30 bits per heavy atom. The van der Waals surface area contributed by atoms with Gasteiger partial charge in [0.05, 0.1) is 12.3 Å². The Balaban J connectivity index is 1.87. The van der Waals surface area contributed by atoms with E-state index in [-0.39, 0.29) is 9.77 Å². The number of hydrogen-bond donors (Lipinski definition) is 1. The molecule has 3 rings (SSSR count). The van der Waals surface area contributed by atoms with Gasteiger partial charge >= 0.3 is 0 Å². The monoisotopic (exact) mass is 444 g/mol. The van der Waals surface area contributed by atoms with Gasteiger partial charge < -0.3 is 10.1 Å². The summed E-state index contributed by atoms with van der Waals surface area (Å²) in [5.41, 5.74) is 3.14. The quantitative estimate of drug-likeness (QED) is 0.566. The molecular formula is C22H24N2O4S2. The average Bonchev–Trinajstić information content (AvgIpc) is 3.18. The van der Waals surface area contributed by atoms with E-state index in [1.165, 1.54) is 17.4 Å². The van der Waals surface area contributed by atoms with E-state index in [4.69, 9.17) is 4.74 Å². The second-order valence-corrected chi connectivity index (χ2v) is 9.70. The number of aryl methyl sites for hydroxylation is 2. The molecule has 1 N–H and O–H groups in total. The molecule has 0 bridgehead atoms. The lowest BCUT2D eigenvalue weighted by molar-refractivity contribution is 0.102. The summed E-state index contributed by atoms with van der Waals surface area (Å²) in [6, 6.07) is 13.9. The number of hydrogen-bond acceptors (Lipinski definition) is 5. The molecule has 0 aliphatic carbocycles. The third-order valence-electron chi connectivity index (χ3n) is 4.46. The predicted molar refractivity (Wildman–Crippen MR) is 121 cm³/mol. The highest BCUT2D eigenvalue weighted by Crippen LogP contribution is 2.29. The maximum atomic E-state index is 13.2. The molecule has 30 heavy (non-hydrogen) atoms. The fourth-order valence-electron chi connectivity index (χ4n) is 3.11. The summed E-state index contributed by atoms with van der Waals surface area (Å²) in [5.74, 6) is 0.213. The molecule has 0 radical (unpaired) electrons. The van der Waals surface area contributed by atoms with Gasteiger partial charge in [0, 0.05) is 12.7 Å². The smallest absolute Gasteiger partial charge is 0.267 e. The van der Waals surface area contributed by atoms with Gasteiger partial charge in [-0.05, 0) is 79.7 Å². The van der Waals surface area contributed by atoms with E-state index in [1.54, 1.807) is 29.6 Å². The van der Waals surface area contributed by atoms with Crippen LogP contribution in [0.3, 0.4) is 0 Å². The molecule has 0 aliphatic rings. The van der Waals surface area contributed by atoms with E-state index >= 15 is 0 Å². The van der Waals surface area contributed by atoms with Crippen LogP contribution in [0.4, 0.5) is 11.4 Å². The van der Waals surface area contributed by atoms with Crippen molar-refractivity contribution in [1.82, 2.24) is 0 Å². The maximum absolute atomic E-state index is 13.2. The molecular weight excluding hydrogens is 420 g/mol. The van der Waals surface area contributed by atoms with Crippen molar-refractivity contribution < 1.29 is 17.9 Å². The number of anilines is 2. The van der Waals surface area contributed by atoms with Crippen molar-refractivity contribution in [2.24, 2.45) is 0 Å². The molecule has 6 nitrogen and oxygen atoms in total. The lowest BCUT2D eigenvalue weighted by Gasteiger charge is -2.20.